The predicted molar refractivity (Wildman–Crippen MR) is 86.3 cm³/mol. The summed E-state index contributed by atoms with van der Waals surface area (Å²) in [5, 5.41) is 0. The molecule has 0 bridgehead atoms. The van der Waals surface area contributed by atoms with Crippen LogP contribution in [0.5, 0.6) is 0 Å². The van der Waals surface area contributed by atoms with Gasteiger partial charge in [0.1, 0.15) is 0 Å². The van der Waals surface area contributed by atoms with Gasteiger partial charge in [0.05, 0.1) is 12.2 Å². The first-order valence-corrected chi connectivity index (χ1v) is 9.49. The third-order valence-electron chi connectivity index (χ3n) is 6.34. The van der Waals surface area contributed by atoms with Crippen molar-refractivity contribution in [1.82, 2.24) is 4.90 Å². The lowest BCUT2D eigenvalue weighted by Gasteiger charge is -2.48. The van der Waals surface area contributed by atoms with Gasteiger partial charge in [-0.3, -0.25) is 0 Å². The third kappa shape index (κ3) is 2.94. The Labute approximate surface area is 129 Å². The van der Waals surface area contributed by atoms with Crippen LogP contribution < -0.4 is 0 Å². The van der Waals surface area contributed by atoms with Crippen molar-refractivity contribution in [3.8, 4) is 0 Å². The summed E-state index contributed by atoms with van der Waals surface area (Å²) in [4.78, 5) is 2.68. The summed E-state index contributed by atoms with van der Waals surface area (Å²) in [7, 11) is 0. The molecule has 0 radical (unpaired) electrons. The molecule has 1 saturated carbocycles. The number of hydrogen-bond donors (Lipinski definition) is 0. The maximum absolute atomic E-state index is 6.68. The molecule has 4 aliphatic rings. The van der Waals surface area contributed by atoms with Crippen LogP contribution in [-0.4, -0.2) is 36.7 Å². The normalized spacial score (nSPS) is 41.0. The van der Waals surface area contributed by atoms with Crippen molar-refractivity contribution >= 4 is 0 Å². The molecule has 3 fully saturated rings. The van der Waals surface area contributed by atoms with Gasteiger partial charge in [-0.05, 0) is 58.0 Å². The van der Waals surface area contributed by atoms with Crippen molar-refractivity contribution in [2.75, 3.05) is 19.6 Å². The van der Waals surface area contributed by atoms with E-state index in [9.17, 15) is 0 Å². The van der Waals surface area contributed by atoms with Gasteiger partial charge in [-0.1, -0.05) is 30.9 Å². The van der Waals surface area contributed by atoms with Crippen LogP contribution in [0.1, 0.15) is 64.2 Å². The molecular formula is C19H31NO. The van der Waals surface area contributed by atoms with E-state index in [-0.39, 0.29) is 0 Å². The van der Waals surface area contributed by atoms with Crippen LogP contribution in [-0.2, 0) is 4.74 Å². The summed E-state index contributed by atoms with van der Waals surface area (Å²) >= 11 is 0. The topological polar surface area (TPSA) is 12.5 Å². The highest BCUT2D eigenvalue weighted by atomic mass is 16.5. The zero-order valence-electron chi connectivity index (χ0n) is 13.4. The highest BCUT2D eigenvalue weighted by Crippen LogP contribution is 2.46. The largest absolute Gasteiger partial charge is 0.372 e. The number of likely N-dealkylation sites (tertiary alicyclic amines) is 1. The van der Waals surface area contributed by atoms with Crippen molar-refractivity contribution in [2.24, 2.45) is 11.8 Å². The summed E-state index contributed by atoms with van der Waals surface area (Å²) in [6, 6.07) is 0. The Kier molecular flexibility index (Phi) is 4.36. The molecule has 118 valence electrons. The molecule has 0 amide bonds. The Bertz CT molecular complexity index is 383. The summed E-state index contributed by atoms with van der Waals surface area (Å²) in [5.74, 6) is 1.53. The maximum Gasteiger partial charge on any atom is 0.0771 e. The minimum atomic E-state index is 0.494. The smallest absolute Gasteiger partial charge is 0.0771 e. The molecule has 21 heavy (non-hydrogen) atoms. The molecule has 2 aliphatic heterocycles. The molecule has 0 aromatic heterocycles. The van der Waals surface area contributed by atoms with E-state index in [4.69, 9.17) is 4.74 Å². The van der Waals surface area contributed by atoms with Gasteiger partial charge < -0.3 is 9.64 Å². The van der Waals surface area contributed by atoms with Gasteiger partial charge in [0.25, 0.3) is 0 Å². The number of fused-ring (bicyclic) bond motifs is 3. The predicted octanol–water partition coefficient (Wildman–Crippen LogP) is 4.16. The molecule has 0 aromatic rings. The quantitative estimate of drug-likeness (QED) is 0.708. The van der Waals surface area contributed by atoms with Crippen LogP contribution in [0.25, 0.3) is 0 Å². The second-order valence-electron chi connectivity index (χ2n) is 7.71. The van der Waals surface area contributed by atoms with E-state index >= 15 is 0 Å². The van der Waals surface area contributed by atoms with E-state index < -0.39 is 0 Å². The van der Waals surface area contributed by atoms with Crippen LogP contribution in [0.15, 0.2) is 11.6 Å². The molecule has 0 unspecified atom stereocenters. The minimum absolute atomic E-state index is 0.494. The highest BCUT2D eigenvalue weighted by Gasteiger charge is 2.43. The lowest BCUT2D eigenvalue weighted by atomic mass is 9.69. The molecule has 2 saturated heterocycles. The van der Waals surface area contributed by atoms with Gasteiger partial charge >= 0.3 is 0 Å². The number of ether oxygens (including phenoxy) is 1. The van der Waals surface area contributed by atoms with Gasteiger partial charge in [-0.25, -0.2) is 0 Å². The van der Waals surface area contributed by atoms with Crippen molar-refractivity contribution in [3.05, 3.63) is 11.6 Å². The van der Waals surface area contributed by atoms with Crippen LogP contribution >= 0.6 is 0 Å². The molecule has 2 heteroatoms. The summed E-state index contributed by atoms with van der Waals surface area (Å²) in [6.07, 6.45) is 17.5. The fourth-order valence-corrected chi connectivity index (χ4v) is 5.28. The Balaban J connectivity index is 1.50. The van der Waals surface area contributed by atoms with E-state index in [1.807, 2.05) is 5.57 Å². The molecule has 2 heterocycles. The van der Waals surface area contributed by atoms with E-state index in [2.05, 4.69) is 11.0 Å². The van der Waals surface area contributed by atoms with Crippen LogP contribution in [0.3, 0.4) is 0 Å². The summed E-state index contributed by atoms with van der Waals surface area (Å²) in [5.41, 5.74) is 1.82. The van der Waals surface area contributed by atoms with Crippen LogP contribution in [0, 0.1) is 11.8 Å². The Morgan fingerprint density at radius 1 is 0.905 bits per heavy atom. The maximum atomic E-state index is 6.68. The number of piperidine rings is 1. The second kappa shape index (κ2) is 6.42. The van der Waals surface area contributed by atoms with Gasteiger partial charge in [0.2, 0.25) is 0 Å². The van der Waals surface area contributed by atoms with E-state index in [1.54, 1.807) is 0 Å². The average molecular weight is 289 g/mol. The first-order chi connectivity index (χ1) is 10.4. The monoisotopic (exact) mass is 289 g/mol. The number of nitrogens with zero attached hydrogens (tertiary/aromatic N) is 1. The van der Waals surface area contributed by atoms with Gasteiger partial charge in [-0.2, -0.15) is 0 Å². The molecule has 2 aliphatic carbocycles. The van der Waals surface area contributed by atoms with Crippen LogP contribution in [0.2, 0.25) is 0 Å². The van der Waals surface area contributed by atoms with Crippen molar-refractivity contribution in [2.45, 2.75) is 76.4 Å². The SMILES string of the molecule is C1=C2[C@H]3CCCC[C@H]3O[C@H](CN3CCCCC3)[C@@H]2CCC1. The number of allylic oxidation sites excluding steroid dienone is 1. The fraction of sp³-hybridized carbons (Fsp3) is 0.895. The van der Waals surface area contributed by atoms with Gasteiger partial charge in [0, 0.05) is 18.4 Å². The first-order valence-electron chi connectivity index (χ1n) is 9.49. The van der Waals surface area contributed by atoms with E-state index in [0.717, 1.165) is 11.8 Å². The zero-order valence-corrected chi connectivity index (χ0v) is 13.4. The lowest BCUT2D eigenvalue weighted by molar-refractivity contribution is -0.114. The molecule has 4 rings (SSSR count). The van der Waals surface area contributed by atoms with Crippen molar-refractivity contribution < 1.29 is 4.74 Å². The van der Waals surface area contributed by atoms with Gasteiger partial charge in [0.15, 0.2) is 0 Å². The number of hydrogen-bond acceptors (Lipinski definition) is 2. The molecule has 2 nitrogen and oxygen atoms in total. The number of rotatable bonds is 2. The Morgan fingerprint density at radius 2 is 1.71 bits per heavy atom. The van der Waals surface area contributed by atoms with Crippen molar-refractivity contribution in [3.63, 3.8) is 0 Å². The minimum Gasteiger partial charge on any atom is -0.372 e. The highest BCUT2D eigenvalue weighted by molar-refractivity contribution is 5.20. The molecule has 4 atom stereocenters. The fourth-order valence-electron chi connectivity index (χ4n) is 5.28. The Hall–Kier alpha value is -0.340. The standard InChI is InChI=1S/C19H31NO/c1-6-12-20(13-7-1)14-19-17-10-3-2-8-15(17)16-9-4-5-11-18(16)21-19/h8,16-19H,1-7,9-14H2/t16-,17-,18-,19-/m1/s1. The van der Waals surface area contributed by atoms with Crippen LogP contribution in [0.4, 0.5) is 0 Å². The summed E-state index contributed by atoms with van der Waals surface area (Å²) in [6.45, 7) is 3.81. The molecule has 0 N–H and O–H groups in total. The van der Waals surface area contributed by atoms with E-state index in [1.165, 1.54) is 83.8 Å². The van der Waals surface area contributed by atoms with Gasteiger partial charge in [-0.15, -0.1) is 0 Å². The van der Waals surface area contributed by atoms with E-state index in [0.29, 0.717) is 12.2 Å². The Morgan fingerprint density at radius 3 is 2.62 bits per heavy atom. The average Bonchev–Trinajstić information content (AvgIpc) is 2.56. The second-order valence-corrected chi connectivity index (χ2v) is 7.71. The summed E-state index contributed by atoms with van der Waals surface area (Å²) < 4.78 is 6.68. The molecular weight excluding hydrogens is 258 g/mol. The third-order valence-corrected chi connectivity index (χ3v) is 6.34. The lowest BCUT2D eigenvalue weighted by Crippen LogP contribution is -2.50. The molecule has 0 spiro atoms. The van der Waals surface area contributed by atoms with Crippen molar-refractivity contribution in [1.29, 1.82) is 0 Å². The first kappa shape index (κ1) is 14.3. The zero-order chi connectivity index (χ0) is 14.1. The molecule has 0 aromatic carbocycles.